The van der Waals surface area contributed by atoms with Gasteiger partial charge in [-0.25, -0.2) is 4.79 Å². The predicted molar refractivity (Wildman–Crippen MR) is 38.4 cm³/mol. The second kappa shape index (κ2) is 3.22. The molecule has 12 heavy (non-hydrogen) atoms. The first-order valence-electron chi connectivity index (χ1n) is 3.33. The van der Waals surface area contributed by atoms with Crippen LogP contribution in [-0.2, 0) is 19.0 Å². The van der Waals surface area contributed by atoms with Gasteiger partial charge in [0.25, 0.3) is 5.79 Å². The lowest BCUT2D eigenvalue weighted by atomic mass is 10.3. The third-order valence-corrected chi connectivity index (χ3v) is 1.60. The Hall–Kier alpha value is -0.910. The van der Waals surface area contributed by atoms with E-state index in [0.29, 0.717) is 0 Å². The highest BCUT2D eigenvalue weighted by molar-refractivity contribution is 5.78. The summed E-state index contributed by atoms with van der Waals surface area (Å²) in [6.07, 6.45) is 2.14. The fourth-order valence-electron chi connectivity index (χ4n) is 0.908. The normalized spacial score (nSPS) is 34.0. The van der Waals surface area contributed by atoms with Crippen LogP contribution in [0.25, 0.3) is 0 Å². The van der Waals surface area contributed by atoms with Gasteiger partial charge in [-0.1, -0.05) is 0 Å². The van der Waals surface area contributed by atoms with Gasteiger partial charge >= 0.3 is 5.97 Å². The number of hydrogen-bond acceptors (Lipinski definition) is 4. The van der Waals surface area contributed by atoms with Crippen molar-refractivity contribution in [2.75, 3.05) is 14.2 Å². The van der Waals surface area contributed by atoms with Crippen LogP contribution in [0.4, 0.5) is 0 Å². The van der Waals surface area contributed by atoms with E-state index in [9.17, 15) is 4.79 Å². The van der Waals surface area contributed by atoms with E-state index in [2.05, 4.69) is 0 Å². The van der Waals surface area contributed by atoms with Crippen LogP contribution in [-0.4, -0.2) is 37.4 Å². The number of rotatable bonds is 3. The van der Waals surface area contributed by atoms with Crippen molar-refractivity contribution >= 4 is 5.97 Å². The highest BCUT2D eigenvalue weighted by atomic mass is 16.8. The van der Waals surface area contributed by atoms with Gasteiger partial charge in [0.05, 0.1) is 0 Å². The highest BCUT2D eigenvalue weighted by Gasteiger charge is 2.43. The van der Waals surface area contributed by atoms with Crippen molar-refractivity contribution in [3.05, 3.63) is 12.2 Å². The molecule has 1 aliphatic heterocycles. The zero-order valence-electron chi connectivity index (χ0n) is 6.81. The zero-order valence-corrected chi connectivity index (χ0v) is 6.81. The molecule has 0 bridgehead atoms. The van der Waals surface area contributed by atoms with Crippen LogP contribution in [0.5, 0.6) is 0 Å². The topological polar surface area (TPSA) is 65.0 Å². The molecule has 0 saturated heterocycles. The van der Waals surface area contributed by atoms with Gasteiger partial charge in [-0.05, 0) is 12.2 Å². The van der Waals surface area contributed by atoms with Gasteiger partial charge in [0, 0.05) is 14.2 Å². The molecular weight excluding hydrogens is 164 g/mol. The molecule has 0 spiro atoms. The molecule has 2 atom stereocenters. The van der Waals surface area contributed by atoms with E-state index >= 15 is 0 Å². The molecule has 1 rings (SSSR count). The lowest BCUT2D eigenvalue weighted by Gasteiger charge is -2.21. The summed E-state index contributed by atoms with van der Waals surface area (Å²) in [5.74, 6) is -2.87. The fraction of sp³-hybridized carbons (Fsp3) is 0.571. The fourth-order valence-corrected chi connectivity index (χ4v) is 0.908. The second-order valence-corrected chi connectivity index (χ2v) is 2.26. The van der Waals surface area contributed by atoms with Gasteiger partial charge < -0.3 is 19.3 Å². The predicted octanol–water partition coefficient (Wildman–Crippen LogP) is -0.0274. The van der Waals surface area contributed by atoms with Crippen molar-refractivity contribution < 1.29 is 24.1 Å². The molecule has 0 aromatic rings. The second-order valence-electron chi connectivity index (χ2n) is 2.26. The van der Waals surface area contributed by atoms with Crippen molar-refractivity contribution in [2.24, 2.45) is 0 Å². The van der Waals surface area contributed by atoms with Gasteiger partial charge in [0.2, 0.25) is 0 Å². The van der Waals surface area contributed by atoms with E-state index in [-0.39, 0.29) is 0 Å². The molecule has 2 unspecified atom stereocenters. The molecule has 0 saturated carbocycles. The Morgan fingerprint density at radius 2 is 2.33 bits per heavy atom. The molecule has 0 radical (unpaired) electrons. The number of methoxy groups -OCH3 is 2. The number of ether oxygens (including phenoxy) is 3. The smallest absolute Gasteiger partial charge is 0.369 e. The first-order valence-corrected chi connectivity index (χ1v) is 3.33. The molecule has 0 aromatic heterocycles. The zero-order chi connectivity index (χ0) is 9.19. The van der Waals surface area contributed by atoms with E-state index in [1.807, 2.05) is 0 Å². The summed E-state index contributed by atoms with van der Waals surface area (Å²) < 4.78 is 14.4. The number of hydrogen-bond donors (Lipinski definition) is 1. The molecule has 68 valence electrons. The molecule has 1 aliphatic rings. The van der Waals surface area contributed by atoms with Crippen LogP contribution < -0.4 is 0 Å². The van der Waals surface area contributed by atoms with E-state index in [4.69, 9.17) is 19.3 Å². The summed E-state index contributed by atoms with van der Waals surface area (Å²) in [5, 5.41) is 8.72. The first-order chi connectivity index (χ1) is 5.64. The van der Waals surface area contributed by atoms with E-state index in [0.717, 1.165) is 0 Å². The van der Waals surface area contributed by atoms with Crippen LogP contribution in [0.1, 0.15) is 0 Å². The van der Waals surface area contributed by atoms with Crippen molar-refractivity contribution in [2.45, 2.75) is 12.1 Å². The van der Waals surface area contributed by atoms with Gasteiger partial charge in [-0.3, -0.25) is 0 Å². The van der Waals surface area contributed by atoms with Crippen LogP contribution in [0.2, 0.25) is 0 Å². The number of carbonyl (C=O) groups is 1. The van der Waals surface area contributed by atoms with Crippen LogP contribution in [0, 0.1) is 0 Å². The minimum absolute atomic E-state index is 0.652. The minimum Gasteiger partial charge on any atom is -0.477 e. The van der Waals surface area contributed by atoms with Gasteiger partial charge in [-0.2, -0.15) is 0 Å². The lowest BCUT2D eigenvalue weighted by Crippen LogP contribution is -2.40. The standard InChI is InChI=1S/C7H10O5/c1-10-5-3-4-7(11-2,12-5)6(8)9/h3-5H,1-2H3,(H,8,9). The molecule has 0 fully saturated rings. The molecule has 0 amide bonds. The van der Waals surface area contributed by atoms with Crippen molar-refractivity contribution in [3.8, 4) is 0 Å². The van der Waals surface area contributed by atoms with Gasteiger partial charge in [0.1, 0.15) is 0 Å². The number of carboxylic acid groups (broad SMARTS) is 1. The SMILES string of the molecule is COC1C=CC(OC)(C(=O)O)O1. The number of aliphatic carboxylic acids is 1. The maximum atomic E-state index is 10.7. The third kappa shape index (κ3) is 1.34. The Labute approximate surface area is 69.5 Å². The Morgan fingerprint density at radius 1 is 1.67 bits per heavy atom. The van der Waals surface area contributed by atoms with Gasteiger partial charge in [-0.15, -0.1) is 0 Å². The summed E-state index contributed by atoms with van der Waals surface area (Å²) in [6, 6.07) is 0. The maximum absolute atomic E-state index is 10.7. The van der Waals surface area contributed by atoms with Crippen LogP contribution >= 0.6 is 0 Å². The van der Waals surface area contributed by atoms with E-state index in [1.54, 1.807) is 0 Å². The Bertz CT molecular complexity index is 212. The summed E-state index contributed by atoms with van der Waals surface area (Å²) in [6.45, 7) is 0. The van der Waals surface area contributed by atoms with Crippen molar-refractivity contribution in [1.29, 1.82) is 0 Å². The Morgan fingerprint density at radius 3 is 2.58 bits per heavy atom. The van der Waals surface area contributed by atoms with Crippen LogP contribution in [0.3, 0.4) is 0 Å². The average Bonchev–Trinajstić information content (AvgIpc) is 2.48. The number of carboxylic acids is 1. The van der Waals surface area contributed by atoms with E-state index < -0.39 is 18.0 Å². The molecule has 1 heterocycles. The highest BCUT2D eigenvalue weighted by Crippen LogP contribution is 2.24. The monoisotopic (exact) mass is 174 g/mol. The quantitative estimate of drug-likeness (QED) is 0.609. The minimum atomic E-state index is -1.68. The summed E-state index contributed by atoms with van der Waals surface area (Å²) >= 11 is 0. The van der Waals surface area contributed by atoms with Gasteiger partial charge in [0.15, 0.2) is 6.29 Å². The Kier molecular flexibility index (Phi) is 2.46. The average molecular weight is 174 g/mol. The molecule has 1 N–H and O–H groups in total. The largest absolute Gasteiger partial charge is 0.477 e. The molecule has 0 aliphatic carbocycles. The van der Waals surface area contributed by atoms with E-state index in [1.165, 1.54) is 26.4 Å². The molecular formula is C7H10O5. The third-order valence-electron chi connectivity index (χ3n) is 1.60. The van der Waals surface area contributed by atoms with Crippen molar-refractivity contribution in [1.82, 2.24) is 0 Å². The first kappa shape index (κ1) is 9.18. The van der Waals surface area contributed by atoms with Crippen molar-refractivity contribution in [3.63, 3.8) is 0 Å². The summed E-state index contributed by atoms with van der Waals surface area (Å²) in [7, 11) is 2.68. The molecule has 5 heteroatoms. The molecule has 5 nitrogen and oxygen atoms in total. The summed E-state index contributed by atoms with van der Waals surface area (Å²) in [5.41, 5.74) is 0. The lowest BCUT2D eigenvalue weighted by molar-refractivity contribution is -0.246. The maximum Gasteiger partial charge on any atom is 0.369 e. The Balaban J connectivity index is 2.74. The van der Waals surface area contributed by atoms with Crippen LogP contribution in [0.15, 0.2) is 12.2 Å². The summed E-state index contributed by atoms with van der Waals surface area (Å²) in [4.78, 5) is 10.7. The molecule has 0 aromatic carbocycles.